The van der Waals surface area contributed by atoms with Crippen molar-refractivity contribution in [1.82, 2.24) is 0 Å². The van der Waals surface area contributed by atoms with Crippen LogP contribution in [0.4, 0.5) is 0 Å². The van der Waals surface area contributed by atoms with E-state index in [1.54, 1.807) is 34.6 Å². The van der Waals surface area contributed by atoms with E-state index in [0.29, 0.717) is 19.8 Å². The van der Waals surface area contributed by atoms with Crippen molar-refractivity contribution in [1.29, 1.82) is 0 Å². The number of hydrogen-bond acceptors (Lipinski definition) is 8. The molecule has 0 atom stereocenters. The summed E-state index contributed by atoms with van der Waals surface area (Å²) in [6, 6.07) is 0. The summed E-state index contributed by atoms with van der Waals surface area (Å²) < 4.78 is 0. The molecule has 0 rings (SSSR count). The van der Waals surface area contributed by atoms with Crippen molar-refractivity contribution >= 4 is 0 Å². The van der Waals surface area contributed by atoms with Crippen molar-refractivity contribution < 1.29 is 40.9 Å². The molecule has 0 heterocycles. The molecule has 0 bridgehead atoms. The van der Waals surface area contributed by atoms with E-state index >= 15 is 0 Å². The summed E-state index contributed by atoms with van der Waals surface area (Å²) in [6.07, 6.45) is 53.2. The van der Waals surface area contributed by atoms with E-state index in [-0.39, 0.29) is 33.0 Å². The van der Waals surface area contributed by atoms with Crippen molar-refractivity contribution in [3.63, 3.8) is 0 Å². The highest BCUT2D eigenvalue weighted by Gasteiger charge is 1.95. The van der Waals surface area contributed by atoms with Gasteiger partial charge in [0.25, 0.3) is 0 Å². The highest BCUT2D eigenvalue weighted by Crippen LogP contribution is 2.14. The van der Waals surface area contributed by atoms with Crippen molar-refractivity contribution in [2.75, 3.05) is 52.9 Å². The zero-order valence-electron chi connectivity index (χ0n) is 44.8. The summed E-state index contributed by atoms with van der Waals surface area (Å²) in [5, 5.41) is 63.7. The van der Waals surface area contributed by atoms with Crippen molar-refractivity contribution in [3.05, 3.63) is 0 Å². The first kappa shape index (κ1) is 79.8. The lowest BCUT2D eigenvalue weighted by Gasteiger charge is -2.02. The minimum Gasteiger partial charge on any atom is -0.397 e. The molecule has 0 radical (unpaired) electrons. The zero-order valence-corrected chi connectivity index (χ0v) is 44.8. The van der Waals surface area contributed by atoms with Crippen LogP contribution in [0.2, 0.25) is 0 Å². The fourth-order valence-corrected chi connectivity index (χ4v) is 6.39. The topological polar surface area (TPSA) is 162 Å². The predicted molar refractivity (Wildman–Crippen MR) is 282 cm³/mol. The summed E-state index contributed by atoms with van der Waals surface area (Å²) in [4.78, 5) is 0. The van der Waals surface area contributed by atoms with E-state index in [1.165, 1.54) is 231 Å². The van der Waals surface area contributed by atoms with Crippen LogP contribution in [0.25, 0.3) is 0 Å². The van der Waals surface area contributed by atoms with E-state index in [0.717, 1.165) is 19.3 Å². The Labute approximate surface area is 398 Å². The lowest BCUT2D eigenvalue weighted by molar-refractivity contribution is 0.282. The molecule has 0 aliphatic heterocycles. The Kier molecular flexibility index (Phi) is 132. The Hall–Kier alpha value is -0.320. The summed E-state index contributed by atoms with van der Waals surface area (Å²) in [5.41, 5.74) is 0. The second-order valence-corrected chi connectivity index (χ2v) is 16.5. The molecule has 8 N–H and O–H groups in total. The van der Waals surface area contributed by atoms with E-state index < -0.39 is 0 Å². The van der Waals surface area contributed by atoms with Crippen LogP contribution in [0, 0.1) is 0 Å². The fourth-order valence-electron chi connectivity index (χ4n) is 6.39. The lowest BCUT2D eigenvalue weighted by atomic mass is 10.0. The van der Waals surface area contributed by atoms with Gasteiger partial charge in [0.1, 0.15) is 0 Å². The molecule has 0 saturated heterocycles. The van der Waals surface area contributed by atoms with Gasteiger partial charge in [-0.2, -0.15) is 0 Å². The van der Waals surface area contributed by atoms with E-state index in [1.807, 2.05) is 0 Å². The maximum atomic E-state index is 8.63. The number of aliphatic hydroxyl groups is 8. The van der Waals surface area contributed by atoms with E-state index in [9.17, 15) is 0 Å². The Balaban J connectivity index is -0.000000103. The molecular formula is C55H126O8. The van der Waals surface area contributed by atoms with Crippen LogP contribution < -0.4 is 0 Å². The van der Waals surface area contributed by atoms with Gasteiger partial charge >= 0.3 is 0 Å². The summed E-state index contributed by atoms with van der Waals surface area (Å²) in [6.45, 7) is 17.6. The maximum Gasteiger partial charge on any atom is 0.0431 e. The van der Waals surface area contributed by atoms with Gasteiger partial charge in [0.2, 0.25) is 0 Å². The standard InChI is InChI=1S/3C15H32O.5C2H6O/c3*1-2-3-4-5-6-7-8-9-10-11-12-13-14-15-16;5*1-2-3/h3*16H,2-15H2,1H3;5*3H,2H2,1H3. The molecule has 0 saturated carbocycles. The second kappa shape index (κ2) is 104. The molecule has 0 aromatic rings. The first-order chi connectivity index (χ1) is 30.8. The molecule has 0 unspecified atom stereocenters. The first-order valence-electron chi connectivity index (χ1n) is 27.7. The van der Waals surface area contributed by atoms with Gasteiger partial charge in [-0.05, 0) is 53.9 Å². The molecule has 63 heavy (non-hydrogen) atoms. The molecule has 0 spiro atoms. The molecule has 8 heteroatoms. The van der Waals surface area contributed by atoms with Crippen molar-refractivity contribution in [3.8, 4) is 0 Å². The van der Waals surface area contributed by atoms with Gasteiger partial charge in [-0.3, -0.25) is 0 Å². The average molecular weight is 916 g/mol. The monoisotopic (exact) mass is 915 g/mol. The van der Waals surface area contributed by atoms with Gasteiger partial charge in [-0.15, -0.1) is 0 Å². The van der Waals surface area contributed by atoms with Crippen LogP contribution in [0.5, 0.6) is 0 Å². The summed E-state index contributed by atoms with van der Waals surface area (Å²) in [7, 11) is 0. The molecule has 0 aliphatic carbocycles. The average Bonchev–Trinajstić information content (AvgIpc) is 3.27. The molecule has 0 aromatic carbocycles. The number of hydrogen-bond donors (Lipinski definition) is 8. The number of aliphatic hydroxyl groups excluding tert-OH is 8. The summed E-state index contributed by atoms with van der Waals surface area (Å²) >= 11 is 0. The van der Waals surface area contributed by atoms with Crippen LogP contribution >= 0.6 is 0 Å². The van der Waals surface area contributed by atoms with Crippen molar-refractivity contribution in [2.45, 2.75) is 306 Å². The van der Waals surface area contributed by atoms with Crippen LogP contribution in [-0.4, -0.2) is 93.7 Å². The molecule has 0 amide bonds. The van der Waals surface area contributed by atoms with Crippen LogP contribution in [-0.2, 0) is 0 Å². The minimum atomic E-state index is 0.250. The fraction of sp³-hybridized carbons (Fsp3) is 1.00. The molecule has 0 fully saturated rings. The van der Waals surface area contributed by atoms with E-state index in [4.69, 9.17) is 40.9 Å². The van der Waals surface area contributed by atoms with Gasteiger partial charge in [-0.25, -0.2) is 0 Å². The third kappa shape index (κ3) is 147. The second-order valence-electron chi connectivity index (χ2n) is 16.5. The molecule has 8 nitrogen and oxygen atoms in total. The van der Waals surface area contributed by atoms with E-state index in [2.05, 4.69) is 20.8 Å². The summed E-state index contributed by atoms with van der Waals surface area (Å²) in [5.74, 6) is 0. The molecular weight excluding hydrogens is 789 g/mol. The largest absolute Gasteiger partial charge is 0.397 e. The highest BCUT2D eigenvalue weighted by atomic mass is 16.3. The third-order valence-corrected chi connectivity index (χ3v) is 9.79. The first-order valence-corrected chi connectivity index (χ1v) is 27.7. The van der Waals surface area contributed by atoms with Crippen LogP contribution in [0.15, 0.2) is 0 Å². The third-order valence-electron chi connectivity index (χ3n) is 9.79. The van der Waals surface area contributed by atoms with Crippen LogP contribution in [0.3, 0.4) is 0 Å². The van der Waals surface area contributed by atoms with Gasteiger partial charge in [0.05, 0.1) is 0 Å². The Morgan fingerprint density at radius 2 is 0.222 bits per heavy atom. The number of unbranched alkanes of at least 4 members (excludes halogenated alkanes) is 36. The van der Waals surface area contributed by atoms with Crippen LogP contribution in [0.1, 0.15) is 306 Å². The van der Waals surface area contributed by atoms with Gasteiger partial charge in [0, 0.05) is 52.9 Å². The quantitative estimate of drug-likeness (QED) is 0.0283. The molecule has 0 aliphatic rings. The Morgan fingerprint density at radius 3 is 0.302 bits per heavy atom. The van der Waals surface area contributed by atoms with Crippen molar-refractivity contribution in [2.24, 2.45) is 0 Å². The Bertz CT molecular complexity index is 437. The normalized spacial score (nSPS) is 9.71. The van der Waals surface area contributed by atoms with Gasteiger partial charge in [-0.1, -0.05) is 252 Å². The highest BCUT2D eigenvalue weighted by molar-refractivity contribution is 4.51. The minimum absolute atomic E-state index is 0.250. The molecule has 0 aromatic heterocycles. The Morgan fingerprint density at radius 1 is 0.143 bits per heavy atom. The maximum absolute atomic E-state index is 8.63. The predicted octanol–water partition coefficient (Wildman–Crippen LogP) is 15.2. The smallest absolute Gasteiger partial charge is 0.0431 e. The lowest BCUT2D eigenvalue weighted by Crippen LogP contribution is -1.84. The van der Waals surface area contributed by atoms with Gasteiger partial charge < -0.3 is 40.9 Å². The number of rotatable bonds is 39. The zero-order chi connectivity index (χ0) is 49.2. The van der Waals surface area contributed by atoms with Gasteiger partial charge in [0.15, 0.2) is 0 Å². The SMILES string of the molecule is CCCCCCCCCCCCCCCO.CCCCCCCCCCCCCCCO.CCCCCCCCCCCCCCCO.CCO.CCO.CCO.CCO.CCO. The molecule has 394 valence electrons.